The molecule has 2 heterocycles. The number of aromatic nitrogens is 3. The summed E-state index contributed by atoms with van der Waals surface area (Å²) in [7, 11) is 0. The number of ether oxygens (including phenoxy) is 1. The summed E-state index contributed by atoms with van der Waals surface area (Å²) in [6.45, 7) is 3.88. The number of halogens is 1. The molecular formula is C22H23BrN4O4. The van der Waals surface area contributed by atoms with Gasteiger partial charge in [-0.15, -0.1) is 0 Å². The molecule has 1 fully saturated rings. The van der Waals surface area contributed by atoms with Gasteiger partial charge in [-0.05, 0) is 79.4 Å². The van der Waals surface area contributed by atoms with Crippen LogP contribution in [0.15, 0.2) is 45.5 Å². The number of carbonyl (C=O) groups is 1. The van der Waals surface area contributed by atoms with Crippen LogP contribution in [0.4, 0.5) is 5.69 Å². The summed E-state index contributed by atoms with van der Waals surface area (Å²) in [5, 5.41) is 16.6. The van der Waals surface area contributed by atoms with Gasteiger partial charge in [0.2, 0.25) is 11.7 Å². The number of rotatable bonds is 7. The van der Waals surface area contributed by atoms with Gasteiger partial charge in [-0.3, -0.25) is 4.79 Å². The predicted octanol–water partition coefficient (Wildman–Crippen LogP) is 5.01. The van der Waals surface area contributed by atoms with Crippen molar-refractivity contribution in [1.82, 2.24) is 15.1 Å². The molecule has 0 radical (unpaired) electrons. The van der Waals surface area contributed by atoms with Gasteiger partial charge in [0.15, 0.2) is 0 Å². The van der Waals surface area contributed by atoms with E-state index in [4.69, 9.17) is 14.4 Å². The van der Waals surface area contributed by atoms with Crippen LogP contribution in [0.1, 0.15) is 33.1 Å². The van der Waals surface area contributed by atoms with Crippen molar-refractivity contribution in [2.24, 2.45) is 5.92 Å². The van der Waals surface area contributed by atoms with E-state index in [0.29, 0.717) is 40.5 Å². The van der Waals surface area contributed by atoms with Crippen LogP contribution in [0.2, 0.25) is 0 Å². The highest BCUT2D eigenvalue weighted by Gasteiger charge is 2.29. The number of carboxylic acids is 1. The Morgan fingerprint density at radius 3 is 2.68 bits per heavy atom. The molecule has 1 saturated carbocycles. The molecule has 3 aromatic rings. The van der Waals surface area contributed by atoms with Gasteiger partial charge in [-0.2, -0.15) is 4.98 Å². The fraction of sp³-hybridized carbons (Fsp3) is 0.364. The summed E-state index contributed by atoms with van der Waals surface area (Å²) < 4.78 is 11.8. The van der Waals surface area contributed by atoms with Gasteiger partial charge >= 0.3 is 5.97 Å². The normalized spacial score (nSPS) is 18.3. The smallest absolute Gasteiger partial charge is 0.306 e. The molecule has 0 bridgehead atoms. The minimum absolute atomic E-state index is 0.0226. The van der Waals surface area contributed by atoms with Gasteiger partial charge in [0, 0.05) is 23.5 Å². The molecule has 9 heteroatoms. The van der Waals surface area contributed by atoms with Crippen molar-refractivity contribution in [3.05, 3.63) is 41.0 Å². The summed E-state index contributed by atoms with van der Waals surface area (Å²) in [4.78, 5) is 19.9. The lowest BCUT2D eigenvalue weighted by Gasteiger charge is -2.14. The number of hydrogen-bond acceptors (Lipinski definition) is 7. The lowest BCUT2D eigenvalue weighted by molar-refractivity contribution is -0.141. The van der Waals surface area contributed by atoms with E-state index in [1.165, 1.54) is 0 Å². The van der Waals surface area contributed by atoms with Crippen molar-refractivity contribution < 1.29 is 19.2 Å². The third-order valence-electron chi connectivity index (χ3n) is 5.12. The molecule has 1 unspecified atom stereocenters. The second-order valence-electron chi connectivity index (χ2n) is 7.87. The van der Waals surface area contributed by atoms with Crippen LogP contribution >= 0.6 is 15.9 Å². The first-order valence-corrected chi connectivity index (χ1v) is 10.9. The molecule has 0 amide bonds. The Morgan fingerprint density at radius 1 is 1.26 bits per heavy atom. The third-order valence-corrected chi connectivity index (χ3v) is 5.69. The van der Waals surface area contributed by atoms with Gasteiger partial charge in [0.25, 0.3) is 5.89 Å². The van der Waals surface area contributed by atoms with E-state index in [2.05, 4.69) is 36.4 Å². The Hall–Kier alpha value is -2.94. The molecule has 8 nitrogen and oxygen atoms in total. The van der Waals surface area contributed by atoms with Crippen molar-refractivity contribution in [3.63, 3.8) is 0 Å². The van der Waals surface area contributed by atoms with Gasteiger partial charge in [0.05, 0.1) is 22.1 Å². The molecule has 0 spiro atoms. The minimum Gasteiger partial charge on any atom is -0.481 e. The summed E-state index contributed by atoms with van der Waals surface area (Å²) >= 11 is 3.46. The first-order valence-electron chi connectivity index (χ1n) is 10.1. The van der Waals surface area contributed by atoms with Crippen LogP contribution in [0.25, 0.3) is 22.8 Å². The van der Waals surface area contributed by atoms with Crippen LogP contribution in [0, 0.1) is 5.92 Å². The van der Waals surface area contributed by atoms with Crippen molar-refractivity contribution in [2.75, 3.05) is 5.32 Å². The number of hydrogen-bond donors (Lipinski definition) is 2. The number of nitrogens with one attached hydrogen (secondary N) is 1. The molecule has 0 saturated heterocycles. The van der Waals surface area contributed by atoms with Crippen LogP contribution in [-0.4, -0.2) is 38.3 Å². The average molecular weight is 487 g/mol. The third kappa shape index (κ3) is 5.04. The molecule has 2 aromatic heterocycles. The number of benzene rings is 1. The Kier molecular flexibility index (Phi) is 6.22. The molecule has 4 rings (SSSR count). The summed E-state index contributed by atoms with van der Waals surface area (Å²) in [5.41, 5.74) is 2.45. The Bertz CT molecular complexity index is 1070. The zero-order valence-electron chi connectivity index (χ0n) is 17.2. The molecular weight excluding hydrogens is 464 g/mol. The van der Waals surface area contributed by atoms with E-state index < -0.39 is 5.97 Å². The zero-order valence-corrected chi connectivity index (χ0v) is 18.8. The van der Waals surface area contributed by atoms with Crippen molar-refractivity contribution in [2.45, 2.75) is 45.3 Å². The summed E-state index contributed by atoms with van der Waals surface area (Å²) in [6.07, 6.45) is 3.88. The van der Waals surface area contributed by atoms with Gasteiger partial charge < -0.3 is 19.7 Å². The van der Waals surface area contributed by atoms with Crippen LogP contribution in [0.5, 0.6) is 5.88 Å². The number of carboxylic acid groups (broad SMARTS) is 1. The Morgan fingerprint density at radius 2 is 2.03 bits per heavy atom. The maximum atomic E-state index is 11.1. The lowest BCUT2D eigenvalue weighted by Crippen LogP contribution is -2.17. The Labute approximate surface area is 188 Å². The molecule has 31 heavy (non-hydrogen) atoms. The van der Waals surface area contributed by atoms with E-state index in [0.717, 1.165) is 17.7 Å². The molecule has 2 atom stereocenters. The quantitative estimate of drug-likeness (QED) is 0.479. The summed E-state index contributed by atoms with van der Waals surface area (Å²) in [5.74, 6) is 0.393. The molecule has 1 aliphatic rings. The second-order valence-corrected chi connectivity index (χ2v) is 8.72. The van der Waals surface area contributed by atoms with E-state index in [1.54, 1.807) is 6.20 Å². The second kappa shape index (κ2) is 9.05. The zero-order chi connectivity index (χ0) is 22.0. The Balaban J connectivity index is 1.43. The highest BCUT2D eigenvalue weighted by Crippen LogP contribution is 2.31. The molecule has 1 aromatic carbocycles. The molecule has 0 aliphatic heterocycles. The highest BCUT2D eigenvalue weighted by molar-refractivity contribution is 9.10. The maximum Gasteiger partial charge on any atom is 0.306 e. The van der Waals surface area contributed by atoms with Gasteiger partial charge in [-0.25, -0.2) is 4.98 Å². The van der Waals surface area contributed by atoms with Gasteiger partial charge in [-0.1, -0.05) is 5.16 Å². The number of anilines is 1. The van der Waals surface area contributed by atoms with E-state index >= 15 is 0 Å². The van der Waals surface area contributed by atoms with Crippen molar-refractivity contribution in [1.29, 1.82) is 0 Å². The molecule has 2 N–H and O–H groups in total. The van der Waals surface area contributed by atoms with E-state index in [9.17, 15) is 4.79 Å². The number of nitrogens with zero attached hydrogens (tertiary/aromatic N) is 3. The number of pyridine rings is 1. The van der Waals surface area contributed by atoms with Crippen molar-refractivity contribution >= 4 is 27.6 Å². The minimum atomic E-state index is -0.711. The topological polar surface area (TPSA) is 110 Å². The first kappa shape index (κ1) is 21.3. The highest BCUT2D eigenvalue weighted by atomic mass is 79.9. The standard InChI is InChI=1S/C22H23BrN4O4/c1-12(2)30-21-18(23)10-15(11-24-21)20-26-19(27-31-20)13-3-6-16(7-4-13)25-17-8-5-14(9-17)22(28)29/h3-4,6-7,10-12,14,17,25H,5,8-9H2,1-2H3,(H,28,29)/t14?,17-/m0/s1. The van der Waals surface area contributed by atoms with Crippen LogP contribution < -0.4 is 10.1 Å². The predicted molar refractivity (Wildman–Crippen MR) is 119 cm³/mol. The van der Waals surface area contributed by atoms with Crippen molar-refractivity contribution in [3.8, 4) is 28.7 Å². The van der Waals surface area contributed by atoms with Crippen LogP contribution in [0.3, 0.4) is 0 Å². The number of aliphatic carboxylic acids is 1. The average Bonchev–Trinajstić information content (AvgIpc) is 3.40. The SMILES string of the molecule is CC(C)Oc1ncc(-c2nc(-c3ccc(N[C@H]4CCC(C(=O)O)C4)cc3)no2)cc1Br. The maximum absolute atomic E-state index is 11.1. The first-order chi connectivity index (χ1) is 14.9. The molecule has 1 aliphatic carbocycles. The van der Waals surface area contributed by atoms with Gasteiger partial charge in [0.1, 0.15) is 0 Å². The summed E-state index contributed by atoms with van der Waals surface area (Å²) in [6, 6.07) is 9.71. The van der Waals surface area contributed by atoms with Crippen LogP contribution in [-0.2, 0) is 4.79 Å². The monoisotopic (exact) mass is 486 g/mol. The lowest BCUT2D eigenvalue weighted by atomic mass is 10.1. The fourth-order valence-electron chi connectivity index (χ4n) is 3.60. The van der Waals surface area contributed by atoms with E-state index in [1.807, 2.05) is 44.2 Å². The largest absolute Gasteiger partial charge is 0.481 e. The molecule has 162 valence electrons. The van der Waals surface area contributed by atoms with E-state index in [-0.39, 0.29) is 18.1 Å². The fourth-order valence-corrected chi connectivity index (χ4v) is 4.04.